The highest BCUT2D eigenvalue weighted by molar-refractivity contribution is 7.99. The van der Waals surface area contributed by atoms with Crippen molar-refractivity contribution in [2.24, 2.45) is 0 Å². The van der Waals surface area contributed by atoms with Crippen LogP contribution < -0.4 is 0 Å². The summed E-state index contributed by atoms with van der Waals surface area (Å²) in [4.78, 5) is 12.1. The molecule has 0 bridgehead atoms. The lowest BCUT2D eigenvalue weighted by Crippen LogP contribution is -1.96. The molecule has 1 aromatic carbocycles. The molecule has 0 fully saturated rings. The van der Waals surface area contributed by atoms with Gasteiger partial charge in [-0.1, -0.05) is 23.8 Å². The molecular formula is C12H14O2S. The van der Waals surface area contributed by atoms with Crippen LogP contribution in [0, 0.1) is 0 Å². The van der Waals surface area contributed by atoms with Crippen LogP contribution in [-0.2, 0) is 9.53 Å². The van der Waals surface area contributed by atoms with Gasteiger partial charge in [0.25, 0.3) is 0 Å². The summed E-state index contributed by atoms with van der Waals surface area (Å²) in [6.45, 7) is 1.92. The zero-order valence-electron chi connectivity index (χ0n) is 8.90. The van der Waals surface area contributed by atoms with Crippen LogP contribution in [0.5, 0.6) is 0 Å². The van der Waals surface area contributed by atoms with Gasteiger partial charge in [-0.15, -0.1) is 11.8 Å². The second-order valence-electron chi connectivity index (χ2n) is 3.12. The first-order valence-electron chi connectivity index (χ1n) is 4.65. The molecule has 2 nitrogen and oxygen atoms in total. The first-order valence-corrected chi connectivity index (χ1v) is 5.64. The Labute approximate surface area is 94.3 Å². The van der Waals surface area contributed by atoms with Crippen molar-refractivity contribution in [2.75, 3.05) is 12.9 Å². The summed E-state index contributed by atoms with van der Waals surface area (Å²) in [5, 5.41) is 0. The molecule has 0 atom stereocenters. The SMILES string of the molecule is COC(=O)/C=C(\C)CSc1ccccc1. The number of ether oxygens (including phenoxy) is 1. The number of benzene rings is 1. The Bertz CT molecular complexity index is 344. The van der Waals surface area contributed by atoms with Crippen molar-refractivity contribution in [3.63, 3.8) is 0 Å². The topological polar surface area (TPSA) is 26.3 Å². The third-order valence-electron chi connectivity index (χ3n) is 1.78. The van der Waals surface area contributed by atoms with E-state index in [2.05, 4.69) is 16.9 Å². The smallest absolute Gasteiger partial charge is 0.330 e. The minimum atomic E-state index is -0.291. The van der Waals surface area contributed by atoms with E-state index in [1.54, 1.807) is 11.8 Å². The fraction of sp³-hybridized carbons (Fsp3) is 0.250. The van der Waals surface area contributed by atoms with Gasteiger partial charge in [0, 0.05) is 16.7 Å². The Hall–Kier alpha value is -1.22. The van der Waals surface area contributed by atoms with Crippen molar-refractivity contribution >= 4 is 17.7 Å². The summed E-state index contributed by atoms with van der Waals surface area (Å²) >= 11 is 1.70. The summed E-state index contributed by atoms with van der Waals surface area (Å²) in [6, 6.07) is 10.1. The van der Waals surface area contributed by atoms with Crippen LogP contribution in [0.1, 0.15) is 6.92 Å². The van der Waals surface area contributed by atoms with E-state index < -0.39 is 0 Å². The molecule has 3 heteroatoms. The van der Waals surface area contributed by atoms with Crippen molar-refractivity contribution < 1.29 is 9.53 Å². The number of hydrogen-bond acceptors (Lipinski definition) is 3. The summed E-state index contributed by atoms with van der Waals surface area (Å²) in [7, 11) is 1.39. The second kappa shape index (κ2) is 6.30. The monoisotopic (exact) mass is 222 g/mol. The van der Waals surface area contributed by atoms with Crippen molar-refractivity contribution in [1.29, 1.82) is 0 Å². The lowest BCUT2D eigenvalue weighted by atomic mass is 10.3. The fourth-order valence-electron chi connectivity index (χ4n) is 1.02. The molecule has 15 heavy (non-hydrogen) atoms. The molecule has 0 N–H and O–H groups in total. The molecular weight excluding hydrogens is 208 g/mol. The van der Waals surface area contributed by atoms with Gasteiger partial charge in [0.2, 0.25) is 0 Å². The van der Waals surface area contributed by atoms with E-state index in [1.807, 2.05) is 25.1 Å². The lowest BCUT2D eigenvalue weighted by molar-refractivity contribution is -0.134. The van der Waals surface area contributed by atoms with E-state index in [9.17, 15) is 4.79 Å². The number of hydrogen-bond donors (Lipinski definition) is 0. The van der Waals surface area contributed by atoms with Crippen molar-refractivity contribution in [3.8, 4) is 0 Å². The average Bonchev–Trinajstić information content (AvgIpc) is 2.27. The van der Waals surface area contributed by atoms with Gasteiger partial charge in [-0.3, -0.25) is 0 Å². The Kier molecular flexibility index (Phi) is 4.98. The quantitative estimate of drug-likeness (QED) is 0.445. The number of carbonyl (C=O) groups excluding carboxylic acids is 1. The van der Waals surface area contributed by atoms with Crippen molar-refractivity contribution in [3.05, 3.63) is 42.0 Å². The van der Waals surface area contributed by atoms with Gasteiger partial charge in [-0.2, -0.15) is 0 Å². The van der Waals surface area contributed by atoms with Gasteiger partial charge in [-0.25, -0.2) is 4.79 Å². The van der Waals surface area contributed by atoms with Gasteiger partial charge in [0.05, 0.1) is 7.11 Å². The normalized spacial score (nSPS) is 11.2. The Morgan fingerprint density at radius 2 is 2.07 bits per heavy atom. The van der Waals surface area contributed by atoms with Gasteiger partial charge in [-0.05, 0) is 19.1 Å². The fourth-order valence-corrected chi connectivity index (χ4v) is 1.84. The van der Waals surface area contributed by atoms with E-state index in [1.165, 1.54) is 18.1 Å². The van der Waals surface area contributed by atoms with Crippen LogP contribution in [-0.4, -0.2) is 18.8 Å². The Morgan fingerprint density at radius 1 is 1.40 bits per heavy atom. The molecule has 0 amide bonds. The van der Waals surface area contributed by atoms with Gasteiger partial charge in [0.15, 0.2) is 0 Å². The molecule has 0 radical (unpaired) electrons. The standard InChI is InChI=1S/C12H14O2S/c1-10(8-12(13)14-2)9-15-11-6-4-3-5-7-11/h3-8H,9H2,1-2H3/b10-8+. The third kappa shape index (κ3) is 4.70. The van der Waals surface area contributed by atoms with E-state index in [-0.39, 0.29) is 5.97 Å². The number of thioether (sulfide) groups is 1. The minimum absolute atomic E-state index is 0.291. The molecule has 0 saturated carbocycles. The molecule has 0 aromatic heterocycles. The molecule has 0 aliphatic carbocycles. The average molecular weight is 222 g/mol. The molecule has 0 heterocycles. The molecule has 0 aliphatic rings. The predicted octanol–water partition coefficient (Wildman–Crippen LogP) is 2.90. The summed E-state index contributed by atoms with van der Waals surface area (Å²) in [6.07, 6.45) is 1.52. The van der Waals surface area contributed by atoms with Gasteiger partial charge in [0.1, 0.15) is 0 Å². The maximum atomic E-state index is 10.9. The van der Waals surface area contributed by atoms with E-state index in [4.69, 9.17) is 0 Å². The largest absolute Gasteiger partial charge is 0.466 e. The summed E-state index contributed by atoms with van der Waals surface area (Å²) < 4.78 is 4.55. The van der Waals surface area contributed by atoms with Crippen LogP contribution in [0.3, 0.4) is 0 Å². The highest BCUT2D eigenvalue weighted by Crippen LogP contribution is 2.19. The number of rotatable bonds is 4. The first-order chi connectivity index (χ1) is 7.22. The van der Waals surface area contributed by atoms with Crippen molar-refractivity contribution in [1.82, 2.24) is 0 Å². The zero-order chi connectivity index (χ0) is 11.1. The predicted molar refractivity (Wildman–Crippen MR) is 62.9 cm³/mol. The molecule has 0 spiro atoms. The van der Waals surface area contributed by atoms with Crippen LogP contribution >= 0.6 is 11.8 Å². The van der Waals surface area contributed by atoms with Crippen LogP contribution in [0.4, 0.5) is 0 Å². The summed E-state index contributed by atoms with van der Waals surface area (Å²) in [5.41, 5.74) is 1.01. The van der Waals surface area contributed by atoms with Crippen LogP contribution in [0.2, 0.25) is 0 Å². The molecule has 0 saturated heterocycles. The molecule has 0 unspecified atom stereocenters. The molecule has 0 aliphatic heterocycles. The number of esters is 1. The van der Waals surface area contributed by atoms with Gasteiger partial charge >= 0.3 is 5.97 Å². The van der Waals surface area contributed by atoms with Crippen LogP contribution in [0.15, 0.2) is 46.9 Å². The first kappa shape index (κ1) is 11.9. The Balaban J connectivity index is 2.44. The lowest BCUT2D eigenvalue weighted by Gasteiger charge is -2.01. The van der Waals surface area contributed by atoms with E-state index >= 15 is 0 Å². The van der Waals surface area contributed by atoms with Crippen LogP contribution in [0.25, 0.3) is 0 Å². The summed E-state index contributed by atoms with van der Waals surface area (Å²) in [5.74, 6) is 0.514. The third-order valence-corrected chi connectivity index (χ3v) is 2.98. The minimum Gasteiger partial charge on any atom is -0.466 e. The second-order valence-corrected chi connectivity index (χ2v) is 4.16. The number of methoxy groups -OCH3 is 1. The number of carbonyl (C=O) groups is 1. The van der Waals surface area contributed by atoms with E-state index in [0.29, 0.717) is 0 Å². The molecule has 1 rings (SSSR count). The van der Waals surface area contributed by atoms with E-state index in [0.717, 1.165) is 11.3 Å². The van der Waals surface area contributed by atoms with Gasteiger partial charge < -0.3 is 4.74 Å². The van der Waals surface area contributed by atoms with Crippen molar-refractivity contribution in [2.45, 2.75) is 11.8 Å². The molecule has 1 aromatic rings. The maximum absolute atomic E-state index is 10.9. The zero-order valence-corrected chi connectivity index (χ0v) is 9.71. The highest BCUT2D eigenvalue weighted by atomic mass is 32.2. The Morgan fingerprint density at radius 3 is 2.67 bits per heavy atom. The maximum Gasteiger partial charge on any atom is 0.330 e. The molecule has 80 valence electrons. The highest BCUT2D eigenvalue weighted by Gasteiger charge is 1.98.